The number of aryl methyl sites for hydroxylation is 2. The van der Waals surface area contributed by atoms with Crippen molar-refractivity contribution in [2.24, 2.45) is 0 Å². The van der Waals surface area contributed by atoms with E-state index in [1.165, 1.54) is 11.3 Å². The molecule has 1 fully saturated rings. The van der Waals surface area contributed by atoms with E-state index in [9.17, 15) is 0 Å². The molecule has 23 heavy (non-hydrogen) atoms. The van der Waals surface area contributed by atoms with Crippen molar-refractivity contribution in [2.75, 3.05) is 20.3 Å². The fraction of sp³-hybridized carbons (Fsp3) is 0.412. The molecule has 0 spiro atoms. The number of H-pyrrole nitrogens is 1. The van der Waals surface area contributed by atoms with E-state index < -0.39 is 0 Å². The summed E-state index contributed by atoms with van der Waals surface area (Å²) < 4.78 is 5.26. The van der Waals surface area contributed by atoms with E-state index in [1.54, 1.807) is 7.11 Å². The maximum atomic E-state index is 5.58. The topological polar surface area (TPSA) is 53.2 Å². The van der Waals surface area contributed by atoms with Crippen molar-refractivity contribution >= 4 is 17.3 Å². The average Bonchev–Trinajstić information content (AvgIpc) is 3.05. The first-order valence-corrected chi connectivity index (χ1v) is 8.15. The fourth-order valence-electron chi connectivity index (χ4n) is 3.23. The molecule has 0 radical (unpaired) electrons. The van der Waals surface area contributed by atoms with Gasteiger partial charge in [0.25, 0.3) is 0 Å². The molecule has 1 aliphatic rings. The van der Waals surface area contributed by atoms with Crippen LogP contribution in [-0.2, 0) is 4.74 Å². The highest BCUT2D eigenvalue weighted by Gasteiger charge is 2.40. The van der Waals surface area contributed by atoms with E-state index in [2.05, 4.69) is 40.1 Å². The molecule has 5 nitrogen and oxygen atoms in total. The average molecular weight is 330 g/mol. The summed E-state index contributed by atoms with van der Waals surface area (Å²) in [5.74, 6) is 0. The first-order chi connectivity index (χ1) is 11.1. The van der Waals surface area contributed by atoms with Crippen LogP contribution in [0.5, 0.6) is 0 Å². The van der Waals surface area contributed by atoms with Gasteiger partial charge in [-0.15, -0.1) is 0 Å². The Morgan fingerprint density at radius 2 is 2.17 bits per heavy atom. The highest BCUT2D eigenvalue weighted by Crippen LogP contribution is 2.39. The molecule has 6 heteroatoms. The minimum atomic E-state index is 0.0365. The van der Waals surface area contributed by atoms with E-state index in [4.69, 9.17) is 17.0 Å². The molecule has 2 atom stereocenters. The SMILES string of the molecule is COCCN1C(=S)N[C@H](c2ccccn2)[C@H]1c1cc(C)[nH]c1C. The summed E-state index contributed by atoms with van der Waals surface area (Å²) in [4.78, 5) is 10.1. The molecule has 3 heterocycles. The number of hydrogen-bond acceptors (Lipinski definition) is 3. The van der Waals surface area contributed by atoms with Gasteiger partial charge in [0, 0.05) is 31.2 Å². The standard InChI is InChI=1S/C17H22N4OS/c1-11-10-13(12(2)19-11)16-15(14-6-4-5-7-18-14)20-17(23)21(16)8-9-22-3/h4-7,10,15-16,19H,8-9H2,1-3H3,(H,20,23)/t15-,16-/m1/s1. The quantitative estimate of drug-likeness (QED) is 0.826. The van der Waals surface area contributed by atoms with Gasteiger partial charge in [0.2, 0.25) is 0 Å². The van der Waals surface area contributed by atoms with Gasteiger partial charge in [0.05, 0.1) is 24.4 Å². The number of thiocarbonyl (C=S) groups is 1. The summed E-state index contributed by atoms with van der Waals surface area (Å²) in [5, 5.41) is 4.19. The largest absolute Gasteiger partial charge is 0.383 e. The third kappa shape index (κ3) is 3.09. The van der Waals surface area contributed by atoms with Gasteiger partial charge in [-0.05, 0) is 49.8 Å². The van der Waals surface area contributed by atoms with Gasteiger partial charge < -0.3 is 19.9 Å². The third-order valence-electron chi connectivity index (χ3n) is 4.24. The second kappa shape index (κ2) is 6.68. The molecule has 0 bridgehead atoms. The Morgan fingerprint density at radius 1 is 1.35 bits per heavy atom. The number of pyridine rings is 1. The summed E-state index contributed by atoms with van der Waals surface area (Å²) in [6.45, 7) is 5.57. The van der Waals surface area contributed by atoms with Crippen molar-refractivity contribution in [3.63, 3.8) is 0 Å². The zero-order valence-corrected chi connectivity index (χ0v) is 14.5. The Kier molecular flexibility index (Phi) is 4.63. The van der Waals surface area contributed by atoms with Crippen LogP contribution in [0.1, 0.15) is 34.7 Å². The molecule has 0 saturated carbocycles. The van der Waals surface area contributed by atoms with Crippen LogP contribution in [0.15, 0.2) is 30.5 Å². The molecule has 2 N–H and O–H groups in total. The Labute approximate surface area is 142 Å². The molecular weight excluding hydrogens is 308 g/mol. The van der Waals surface area contributed by atoms with Crippen molar-refractivity contribution in [3.05, 3.63) is 53.1 Å². The zero-order valence-electron chi connectivity index (χ0n) is 13.7. The first-order valence-electron chi connectivity index (χ1n) is 7.75. The lowest BCUT2D eigenvalue weighted by molar-refractivity contribution is 0.164. The molecule has 0 unspecified atom stereocenters. The Morgan fingerprint density at radius 3 is 2.78 bits per heavy atom. The number of aromatic amines is 1. The first kappa shape index (κ1) is 16.0. The summed E-state index contributed by atoms with van der Waals surface area (Å²) in [5.41, 5.74) is 4.57. The van der Waals surface area contributed by atoms with Gasteiger partial charge in [0.15, 0.2) is 5.11 Å². The van der Waals surface area contributed by atoms with Gasteiger partial charge >= 0.3 is 0 Å². The van der Waals surface area contributed by atoms with Crippen LogP contribution in [-0.4, -0.2) is 40.2 Å². The monoisotopic (exact) mass is 330 g/mol. The number of rotatable bonds is 5. The molecule has 1 aliphatic heterocycles. The predicted molar refractivity (Wildman–Crippen MR) is 94.3 cm³/mol. The van der Waals surface area contributed by atoms with E-state index in [0.29, 0.717) is 6.61 Å². The lowest BCUT2D eigenvalue weighted by Crippen LogP contribution is -2.32. The van der Waals surface area contributed by atoms with Crippen LogP contribution in [0.4, 0.5) is 0 Å². The van der Waals surface area contributed by atoms with Crippen LogP contribution in [0.2, 0.25) is 0 Å². The van der Waals surface area contributed by atoms with Crippen LogP contribution < -0.4 is 5.32 Å². The lowest BCUT2D eigenvalue weighted by atomic mass is 9.97. The third-order valence-corrected chi connectivity index (χ3v) is 4.59. The van der Waals surface area contributed by atoms with Crippen molar-refractivity contribution < 1.29 is 4.74 Å². The lowest BCUT2D eigenvalue weighted by Gasteiger charge is -2.27. The summed E-state index contributed by atoms with van der Waals surface area (Å²) in [6, 6.07) is 8.33. The van der Waals surface area contributed by atoms with Crippen molar-refractivity contribution in [1.29, 1.82) is 0 Å². The fourth-order valence-corrected chi connectivity index (χ4v) is 3.56. The number of nitrogens with one attached hydrogen (secondary N) is 2. The molecule has 3 rings (SSSR count). The summed E-state index contributed by atoms with van der Waals surface area (Å²) >= 11 is 5.58. The normalized spacial score (nSPS) is 20.8. The van der Waals surface area contributed by atoms with Crippen molar-refractivity contribution in [3.8, 4) is 0 Å². The van der Waals surface area contributed by atoms with Crippen LogP contribution in [0.3, 0.4) is 0 Å². The van der Waals surface area contributed by atoms with Crippen LogP contribution >= 0.6 is 12.2 Å². The highest BCUT2D eigenvalue weighted by molar-refractivity contribution is 7.80. The second-order valence-electron chi connectivity index (χ2n) is 5.85. The van der Waals surface area contributed by atoms with Crippen molar-refractivity contribution in [2.45, 2.75) is 25.9 Å². The molecule has 0 amide bonds. The predicted octanol–water partition coefficient (Wildman–Crippen LogP) is 2.65. The molecule has 2 aromatic heterocycles. The minimum Gasteiger partial charge on any atom is -0.383 e. The molecule has 0 aromatic carbocycles. The molecular formula is C17H22N4OS. The highest BCUT2D eigenvalue weighted by atomic mass is 32.1. The number of hydrogen-bond donors (Lipinski definition) is 2. The van der Waals surface area contributed by atoms with Crippen LogP contribution in [0.25, 0.3) is 0 Å². The number of methoxy groups -OCH3 is 1. The summed E-state index contributed by atoms with van der Waals surface area (Å²) in [6.07, 6.45) is 1.82. The van der Waals surface area contributed by atoms with E-state index in [1.807, 2.05) is 24.4 Å². The van der Waals surface area contributed by atoms with Gasteiger partial charge in [-0.3, -0.25) is 4.98 Å². The Balaban J connectivity index is 2.01. The maximum Gasteiger partial charge on any atom is 0.170 e. The Bertz CT molecular complexity index is 685. The molecule has 2 aromatic rings. The number of aromatic nitrogens is 2. The van der Waals surface area contributed by atoms with E-state index >= 15 is 0 Å². The maximum absolute atomic E-state index is 5.58. The number of ether oxygens (including phenoxy) is 1. The molecule has 0 aliphatic carbocycles. The Hall–Kier alpha value is -1.92. The number of nitrogens with zero attached hydrogens (tertiary/aromatic N) is 2. The van der Waals surface area contributed by atoms with E-state index in [-0.39, 0.29) is 12.1 Å². The van der Waals surface area contributed by atoms with Gasteiger partial charge in [-0.1, -0.05) is 6.07 Å². The zero-order chi connectivity index (χ0) is 16.4. The van der Waals surface area contributed by atoms with Crippen LogP contribution in [0, 0.1) is 13.8 Å². The smallest absolute Gasteiger partial charge is 0.170 e. The van der Waals surface area contributed by atoms with Gasteiger partial charge in [-0.2, -0.15) is 0 Å². The molecule has 122 valence electrons. The van der Waals surface area contributed by atoms with Gasteiger partial charge in [-0.25, -0.2) is 0 Å². The van der Waals surface area contributed by atoms with Gasteiger partial charge in [0.1, 0.15) is 0 Å². The molecule has 1 saturated heterocycles. The van der Waals surface area contributed by atoms with E-state index in [0.717, 1.165) is 23.0 Å². The van der Waals surface area contributed by atoms with Crippen molar-refractivity contribution in [1.82, 2.24) is 20.2 Å². The minimum absolute atomic E-state index is 0.0365. The summed E-state index contributed by atoms with van der Waals surface area (Å²) in [7, 11) is 1.71. The second-order valence-corrected chi connectivity index (χ2v) is 6.23.